The third-order valence-corrected chi connectivity index (χ3v) is 3.02. The van der Waals surface area contributed by atoms with Gasteiger partial charge in [0, 0.05) is 5.38 Å². The van der Waals surface area contributed by atoms with E-state index in [9.17, 15) is 0 Å². The average molecular weight is 218 g/mol. The van der Waals surface area contributed by atoms with Crippen LogP contribution in [-0.4, -0.2) is 14.3 Å². The van der Waals surface area contributed by atoms with E-state index in [1.807, 2.05) is 12.3 Å². The highest BCUT2D eigenvalue weighted by molar-refractivity contribution is 7.11. The molecule has 2 aromatic heterocycles. The Bertz CT molecular complexity index is 357. The Morgan fingerprint density at radius 2 is 2.25 bits per heavy atom. The van der Waals surface area contributed by atoms with Crippen molar-refractivity contribution in [3.8, 4) is 10.7 Å². The molecule has 2 rings (SSSR count). The molecule has 0 aliphatic rings. The third kappa shape index (κ3) is 1.48. The monoisotopic (exact) mass is 217 g/mol. The van der Waals surface area contributed by atoms with E-state index in [-0.39, 0.29) is 0 Å². The van der Waals surface area contributed by atoms with Crippen LogP contribution in [0.3, 0.4) is 0 Å². The van der Waals surface area contributed by atoms with E-state index >= 15 is 0 Å². The Morgan fingerprint density at radius 1 is 1.42 bits per heavy atom. The normalized spacial score (nSPS) is 10.5. The second kappa shape index (κ2) is 3.08. The summed E-state index contributed by atoms with van der Waals surface area (Å²) < 4.78 is 3.86. The minimum absolute atomic E-state index is 0.292. The fourth-order valence-corrected chi connectivity index (χ4v) is 2.21. The minimum atomic E-state index is 0.292. The van der Waals surface area contributed by atoms with Crippen LogP contribution in [-0.2, 0) is 0 Å². The van der Waals surface area contributed by atoms with E-state index in [1.165, 1.54) is 11.5 Å². The molecule has 0 aromatic carbocycles. The van der Waals surface area contributed by atoms with Crippen molar-refractivity contribution in [2.45, 2.75) is 6.92 Å². The van der Waals surface area contributed by atoms with Gasteiger partial charge in [-0.15, -0.1) is 11.3 Å². The fraction of sp³-hybridized carbons (Fsp3) is 0.167. The smallest absolute Gasteiger partial charge is 0.234 e. The lowest BCUT2D eigenvalue weighted by atomic mass is 10.5. The van der Waals surface area contributed by atoms with Crippen LogP contribution in [0.15, 0.2) is 5.38 Å². The molecule has 0 N–H and O–H groups in total. The van der Waals surface area contributed by atoms with Crippen molar-refractivity contribution >= 4 is 34.5 Å². The van der Waals surface area contributed by atoms with Gasteiger partial charge in [-0.1, -0.05) is 0 Å². The molecule has 3 nitrogen and oxygen atoms in total. The molecular formula is C6H4ClN3S2. The third-order valence-electron chi connectivity index (χ3n) is 1.24. The number of hydrogen-bond acceptors (Lipinski definition) is 5. The molecule has 0 saturated heterocycles. The van der Waals surface area contributed by atoms with Crippen molar-refractivity contribution in [1.82, 2.24) is 14.3 Å². The van der Waals surface area contributed by atoms with Crippen LogP contribution in [0.4, 0.5) is 0 Å². The summed E-state index contributed by atoms with van der Waals surface area (Å²) in [5.41, 5.74) is 0.863. The summed E-state index contributed by atoms with van der Waals surface area (Å²) in [6.45, 7) is 1.96. The van der Waals surface area contributed by atoms with Crippen LogP contribution < -0.4 is 0 Å². The van der Waals surface area contributed by atoms with E-state index < -0.39 is 0 Å². The molecule has 0 bridgehead atoms. The maximum Gasteiger partial charge on any atom is 0.234 e. The van der Waals surface area contributed by atoms with Crippen molar-refractivity contribution in [2.24, 2.45) is 0 Å². The first-order chi connectivity index (χ1) is 5.75. The lowest BCUT2D eigenvalue weighted by molar-refractivity contribution is 1.26. The van der Waals surface area contributed by atoms with Crippen LogP contribution in [0.1, 0.15) is 5.01 Å². The van der Waals surface area contributed by atoms with Crippen LogP contribution in [0.2, 0.25) is 5.28 Å². The highest BCUT2D eigenvalue weighted by Gasteiger charge is 2.07. The second-order valence-corrected chi connectivity index (χ2v) is 4.27. The van der Waals surface area contributed by atoms with Gasteiger partial charge in [0.15, 0.2) is 5.01 Å². The molecule has 0 fully saturated rings. The standard InChI is InChI=1S/C6H4ClN3S2/c1-3-8-4(2-11-3)5-9-6(7)10-12-5/h2H,1H3. The maximum absolute atomic E-state index is 5.58. The lowest BCUT2D eigenvalue weighted by Crippen LogP contribution is -1.75. The highest BCUT2D eigenvalue weighted by Crippen LogP contribution is 2.24. The predicted molar refractivity (Wildman–Crippen MR) is 50.8 cm³/mol. The van der Waals surface area contributed by atoms with Crippen LogP contribution >= 0.6 is 34.5 Å². The lowest BCUT2D eigenvalue weighted by Gasteiger charge is -1.82. The van der Waals surface area contributed by atoms with Gasteiger partial charge in [-0.3, -0.25) is 0 Å². The summed E-state index contributed by atoms with van der Waals surface area (Å²) in [5.74, 6) is 0. The Kier molecular flexibility index (Phi) is 2.08. The van der Waals surface area contributed by atoms with Gasteiger partial charge in [-0.25, -0.2) is 9.97 Å². The summed E-state index contributed by atoms with van der Waals surface area (Å²) in [5, 5.41) is 4.05. The molecule has 12 heavy (non-hydrogen) atoms. The van der Waals surface area contributed by atoms with Gasteiger partial charge in [0.25, 0.3) is 0 Å². The largest absolute Gasteiger partial charge is 0.239 e. The summed E-state index contributed by atoms with van der Waals surface area (Å²) in [7, 11) is 0. The summed E-state index contributed by atoms with van der Waals surface area (Å²) >= 11 is 8.44. The van der Waals surface area contributed by atoms with Crippen molar-refractivity contribution in [2.75, 3.05) is 0 Å². The molecular weight excluding hydrogens is 214 g/mol. The number of thiazole rings is 1. The quantitative estimate of drug-likeness (QED) is 0.737. The zero-order valence-electron chi connectivity index (χ0n) is 6.11. The Balaban J connectivity index is 2.43. The minimum Gasteiger partial charge on any atom is -0.239 e. The number of nitrogens with zero attached hydrogens (tertiary/aromatic N) is 3. The van der Waals surface area contributed by atoms with Crippen molar-refractivity contribution in [3.05, 3.63) is 15.7 Å². The molecule has 62 valence electrons. The zero-order chi connectivity index (χ0) is 8.55. The van der Waals surface area contributed by atoms with Crippen LogP contribution in [0, 0.1) is 6.92 Å². The number of aryl methyl sites for hydroxylation is 1. The fourth-order valence-electron chi connectivity index (χ4n) is 0.771. The van der Waals surface area contributed by atoms with Crippen molar-refractivity contribution in [3.63, 3.8) is 0 Å². The number of halogens is 1. The topological polar surface area (TPSA) is 38.7 Å². The summed E-state index contributed by atoms with van der Waals surface area (Å²) in [4.78, 5) is 8.27. The maximum atomic E-state index is 5.58. The second-order valence-electron chi connectivity index (χ2n) is 2.12. The van der Waals surface area contributed by atoms with E-state index in [2.05, 4.69) is 14.3 Å². The Labute approximate surface area is 82.2 Å². The molecule has 0 aliphatic carbocycles. The van der Waals surface area contributed by atoms with Gasteiger partial charge in [-0.2, -0.15) is 4.37 Å². The summed E-state index contributed by atoms with van der Waals surface area (Å²) in [6.07, 6.45) is 0. The average Bonchev–Trinajstić information content (AvgIpc) is 2.58. The van der Waals surface area contributed by atoms with Crippen LogP contribution in [0.25, 0.3) is 10.7 Å². The van der Waals surface area contributed by atoms with Gasteiger partial charge >= 0.3 is 0 Å². The molecule has 0 spiro atoms. The van der Waals surface area contributed by atoms with Gasteiger partial charge in [-0.05, 0) is 30.1 Å². The first kappa shape index (κ1) is 8.10. The molecule has 2 aromatic rings. The first-order valence-corrected chi connectivity index (χ1v) is 5.20. The van der Waals surface area contributed by atoms with Gasteiger partial charge in [0.2, 0.25) is 5.28 Å². The SMILES string of the molecule is Cc1nc(-c2nc(Cl)ns2)cs1. The molecule has 0 aliphatic heterocycles. The van der Waals surface area contributed by atoms with Gasteiger partial charge in [0.1, 0.15) is 5.69 Å². The van der Waals surface area contributed by atoms with Gasteiger partial charge < -0.3 is 0 Å². The van der Waals surface area contributed by atoms with E-state index in [0.29, 0.717) is 5.28 Å². The molecule has 0 radical (unpaired) electrons. The molecule has 0 atom stereocenters. The molecule has 0 unspecified atom stereocenters. The first-order valence-electron chi connectivity index (χ1n) is 3.17. The number of hydrogen-bond donors (Lipinski definition) is 0. The molecule has 0 amide bonds. The zero-order valence-corrected chi connectivity index (χ0v) is 8.50. The predicted octanol–water partition coefficient (Wildman–Crippen LogP) is 2.62. The number of aromatic nitrogens is 3. The molecule has 0 saturated carbocycles. The number of rotatable bonds is 1. The summed E-state index contributed by atoms with van der Waals surface area (Å²) in [6, 6.07) is 0. The Morgan fingerprint density at radius 3 is 2.75 bits per heavy atom. The molecule has 2 heterocycles. The van der Waals surface area contributed by atoms with Crippen molar-refractivity contribution < 1.29 is 0 Å². The Hall–Kier alpha value is -0.520. The van der Waals surface area contributed by atoms with E-state index in [4.69, 9.17) is 11.6 Å². The van der Waals surface area contributed by atoms with E-state index in [1.54, 1.807) is 11.3 Å². The highest BCUT2D eigenvalue weighted by atomic mass is 35.5. The van der Waals surface area contributed by atoms with Gasteiger partial charge in [0.05, 0.1) is 5.01 Å². The molecule has 6 heteroatoms. The van der Waals surface area contributed by atoms with Crippen LogP contribution in [0.5, 0.6) is 0 Å². The van der Waals surface area contributed by atoms with E-state index in [0.717, 1.165) is 15.7 Å². The van der Waals surface area contributed by atoms with Crippen molar-refractivity contribution in [1.29, 1.82) is 0 Å².